The molecular weight excluding hydrogens is 492 g/mol. The highest BCUT2D eigenvalue weighted by Crippen LogP contribution is 2.17. The fourth-order valence-electron chi connectivity index (χ4n) is 4.17. The topological polar surface area (TPSA) is 121 Å². The van der Waals surface area contributed by atoms with Crippen LogP contribution in [0.3, 0.4) is 0 Å². The van der Waals surface area contributed by atoms with E-state index in [0.29, 0.717) is 41.7 Å². The molecule has 5 rings (SSSR count). The Hall–Kier alpha value is -4.14. The number of aliphatic hydroxyl groups excluding tert-OH is 1. The van der Waals surface area contributed by atoms with Gasteiger partial charge in [0.25, 0.3) is 11.1 Å². The molecule has 0 aliphatic rings. The summed E-state index contributed by atoms with van der Waals surface area (Å²) in [5.41, 5.74) is 2.40. The van der Waals surface area contributed by atoms with Gasteiger partial charge in [-0.2, -0.15) is 0 Å². The molecule has 202 valence electrons. The van der Waals surface area contributed by atoms with Gasteiger partial charge in [0.2, 0.25) is 0 Å². The van der Waals surface area contributed by atoms with E-state index in [1.54, 1.807) is 12.1 Å². The van der Waals surface area contributed by atoms with Gasteiger partial charge in [0.1, 0.15) is 11.6 Å². The van der Waals surface area contributed by atoms with Crippen molar-refractivity contribution >= 4 is 21.8 Å². The van der Waals surface area contributed by atoms with E-state index >= 15 is 0 Å². The van der Waals surface area contributed by atoms with E-state index in [1.165, 1.54) is 0 Å². The van der Waals surface area contributed by atoms with E-state index in [9.17, 15) is 9.59 Å². The van der Waals surface area contributed by atoms with Crippen LogP contribution < -0.4 is 11.1 Å². The van der Waals surface area contributed by atoms with Crippen LogP contribution in [-0.2, 0) is 11.3 Å². The minimum atomic E-state index is -0.120. The van der Waals surface area contributed by atoms with Gasteiger partial charge in [-0.3, -0.25) is 9.59 Å². The number of nitrogens with one attached hydrogen (secondary N) is 2. The smallest absolute Gasteiger partial charge is 0.258 e. The van der Waals surface area contributed by atoms with Crippen LogP contribution in [0.1, 0.15) is 55.7 Å². The normalized spacial score (nSPS) is 12.6. The first-order valence-electron chi connectivity index (χ1n) is 13.2. The Morgan fingerprint density at radius 1 is 0.718 bits per heavy atom. The zero-order chi connectivity index (χ0) is 27.6. The Balaban J connectivity index is 0.000000193. The summed E-state index contributed by atoms with van der Waals surface area (Å²) >= 11 is 0. The molecule has 2 heterocycles. The van der Waals surface area contributed by atoms with Crippen molar-refractivity contribution in [3.63, 3.8) is 0 Å². The number of fused-ring (bicyclic) bond motifs is 2. The van der Waals surface area contributed by atoms with Gasteiger partial charge < -0.3 is 19.8 Å². The molecule has 0 aliphatic heterocycles. The molecule has 2 aromatic heterocycles. The van der Waals surface area contributed by atoms with Gasteiger partial charge in [-0.1, -0.05) is 68.4 Å². The van der Waals surface area contributed by atoms with Crippen molar-refractivity contribution < 1.29 is 9.84 Å². The number of hydrogen-bond acceptors (Lipinski definition) is 6. The molecule has 0 bridgehead atoms. The molecule has 0 saturated heterocycles. The average molecular weight is 527 g/mol. The second-order valence-corrected chi connectivity index (χ2v) is 9.58. The number of aromatic amines is 2. The van der Waals surface area contributed by atoms with E-state index in [0.717, 1.165) is 23.3 Å². The predicted molar refractivity (Wildman–Crippen MR) is 154 cm³/mol. The lowest BCUT2D eigenvalue weighted by atomic mass is 10.1. The van der Waals surface area contributed by atoms with Crippen LogP contribution in [0.15, 0.2) is 88.5 Å². The largest absolute Gasteiger partial charge is 0.396 e. The number of nitrogens with zero attached hydrogens (tertiary/aromatic N) is 2. The van der Waals surface area contributed by atoms with Crippen LogP contribution >= 0.6 is 0 Å². The molecule has 2 atom stereocenters. The van der Waals surface area contributed by atoms with Crippen LogP contribution in [-0.4, -0.2) is 38.3 Å². The molecular formula is C31H34N4O4. The van der Waals surface area contributed by atoms with Crippen molar-refractivity contribution in [2.75, 3.05) is 13.2 Å². The van der Waals surface area contributed by atoms with Crippen molar-refractivity contribution in [1.82, 2.24) is 19.9 Å². The van der Waals surface area contributed by atoms with Gasteiger partial charge in [0, 0.05) is 25.0 Å². The Bertz CT molecular complexity index is 1610. The summed E-state index contributed by atoms with van der Waals surface area (Å²) in [6.07, 6.45) is 1.41. The molecule has 8 nitrogen and oxygen atoms in total. The third kappa shape index (κ3) is 7.46. The molecule has 5 aromatic rings. The molecule has 8 heteroatoms. The van der Waals surface area contributed by atoms with E-state index in [2.05, 4.69) is 26.9 Å². The van der Waals surface area contributed by atoms with E-state index in [1.807, 2.05) is 73.7 Å². The number of ether oxygens (including phenoxy) is 1. The second kappa shape index (κ2) is 13.6. The van der Waals surface area contributed by atoms with Crippen LogP contribution in [0.2, 0.25) is 0 Å². The summed E-state index contributed by atoms with van der Waals surface area (Å²) in [7, 11) is 0. The number of hydrogen-bond donors (Lipinski definition) is 3. The molecule has 0 radical (unpaired) electrons. The molecule has 0 fully saturated rings. The highest BCUT2D eigenvalue weighted by Gasteiger charge is 2.11. The third-order valence-electron chi connectivity index (χ3n) is 6.56. The van der Waals surface area contributed by atoms with Crippen LogP contribution in [0.5, 0.6) is 0 Å². The van der Waals surface area contributed by atoms with Crippen LogP contribution in [0, 0.1) is 0 Å². The first-order chi connectivity index (χ1) is 19.0. The van der Waals surface area contributed by atoms with Crippen molar-refractivity contribution in [2.45, 2.75) is 45.1 Å². The zero-order valence-electron chi connectivity index (χ0n) is 22.3. The molecule has 0 amide bonds. The monoisotopic (exact) mass is 526 g/mol. The maximum atomic E-state index is 12.1. The van der Waals surface area contributed by atoms with E-state index in [4.69, 9.17) is 9.84 Å². The van der Waals surface area contributed by atoms with Crippen molar-refractivity contribution in [2.24, 2.45) is 0 Å². The van der Waals surface area contributed by atoms with Gasteiger partial charge in [-0.25, -0.2) is 9.97 Å². The average Bonchev–Trinajstić information content (AvgIpc) is 2.96. The summed E-state index contributed by atoms with van der Waals surface area (Å²) in [5.74, 6) is 1.56. The summed E-state index contributed by atoms with van der Waals surface area (Å²) in [4.78, 5) is 38.4. The molecule has 0 aliphatic carbocycles. The van der Waals surface area contributed by atoms with E-state index in [-0.39, 0.29) is 29.6 Å². The lowest BCUT2D eigenvalue weighted by Crippen LogP contribution is -2.14. The minimum absolute atomic E-state index is 0.0577. The second-order valence-electron chi connectivity index (χ2n) is 9.58. The Morgan fingerprint density at radius 3 is 1.74 bits per heavy atom. The first-order valence-corrected chi connectivity index (χ1v) is 13.2. The lowest BCUT2D eigenvalue weighted by Gasteiger charge is -2.12. The number of benzene rings is 3. The summed E-state index contributed by atoms with van der Waals surface area (Å²) in [5, 5.41) is 10.1. The van der Waals surface area contributed by atoms with Gasteiger partial charge in [0.05, 0.1) is 28.4 Å². The maximum Gasteiger partial charge on any atom is 0.258 e. The van der Waals surface area contributed by atoms with Crippen molar-refractivity contribution in [3.8, 4) is 0 Å². The van der Waals surface area contributed by atoms with Crippen LogP contribution in [0.25, 0.3) is 21.8 Å². The van der Waals surface area contributed by atoms with Gasteiger partial charge in [-0.05, 0) is 42.7 Å². The summed E-state index contributed by atoms with van der Waals surface area (Å²) < 4.78 is 5.71. The molecule has 2 unspecified atom stereocenters. The molecule has 3 aromatic carbocycles. The van der Waals surface area contributed by atoms with Gasteiger partial charge in [0.15, 0.2) is 0 Å². The highest BCUT2D eigenvalue weighted by atomic mass is 16.5. The number of aliphatic hydroxyl groups is 1. The number of aromatic nitrogens is 4. The number of para-hydroxylation sites is 2. The zero-order valence-corrected chi connectivity index (χ0v) is 22.3. The standard InChI is InChI=1S/C19H20N2O2.C12H14N2O2/c1-14(11-12-23-13-15-7-3-2-4-8-15)18-20-17-10-6-5-9-16(17)19(22)21-18;1-8(6-7-15)11-13-10-5-3-2-4-9(10)12(16)14-11/h2-10,14H,11-13H2,1H3,(H,20,21,22);2-5,8,15H,6-7H2,1H3,(H,13,14,16). The molecule has 0 saturated carbocycles. The Labute approximate surface area is 226 Å². The predicted octanol–water partition coefficient (Wildman–Crippen LogP) is 5.04. The van der Waals surface area contributed by atoms with Crippen molar-refractivity contribution in [3.05, 3.63) is 117 Å². The minimum Gasteiger partial charge on any atom is -0.396 e. The van der Waals surface area contributed by atoms with Gasteiger partial charge >= 0.3 is 0 Å². The number of H-pyrrole nitrogens is 2. The quantitative estimate of drug-likeness (QED) is 0.231. The van der Waals surface area contributed by atoms with Gasteiger partial charge in [-0.15, -0.1) is 0 Å². The first kappa shape index (κ1) is 27.9. The Kier molecular flexibility index (Phi) is 9.72. The molecule has 39 heavy (non-hydrogen) atoms. The molecule has 3 N–H and O–H groups in total. The lowest BCUT2D eigenvalue weighted by molar-refractivity contribution is 0.114. The summed E-state index contributed by atoms with van der Waals surface area (Å²) in [6, 6.07) is 24.7. The fourth-order valence-corrected chi connectivity index (χ4v) is 4.17. The third-order valence-corrected chi connectivity index (χ3v) is 6.56. The van der Waals surface area contributed by atoms with E-state index < -0.39 is 0 Å². The summed E-state index contributed by atoms with van der Waals surface area (Å²) in [6.45, 7) is 5.32. The highest BCUT2D eigenvalue weighted by molar-refractivity contribution is 5.77. The fraction of sp³-hybridized carbons (Fsp3) is 0.290. The van der Waals surface area contributed by atoms with Crippen molar-refractivity contribution in [1.29, 1.82) is 0 Å². The SMILES string of the molecule is CC(CCO)c1nc2ccccc2c(=O)[nH]1.CC(CCOCc1ccccc1)c1nc2ccccc2c(=O)[nH]1. The van der Waals surface area contributed by atoms with Crippen LogP contribution in [0.4, 0.5) is 0 Å². The molecule has 0 spiro atoms. The number of rotatable bonds is 9. The maximum absolute atomic E-state index is 12.1. The Morgan fingerprint density at radius 2 is 1.21 bits per heavy atom.